The molecule has 0 saturated carbocycles. The Morgan fingerprint density at radius 2 is 1.42 bits per heavy atom. The quantitative estimate of drug-likeness (QED) is 0.183. The molecule has 1 aliphatic heterocycles. The maximum atomic E-state index is 13.3. The molecule has 48 heavy (non-hydrogen) atoms. The minimum atomic E-state index is -3.08. The number of carbonyl (C=O) groups excluding carboxylic acids is 2. The second-order valence-electron chi connectivity index (χ2n) is 12.4. The van der Waals surface area contributed by atoms with Crippen LogP contribution in [0, 0.1) is 0 Å². The predicted molar refractivity (Wildman–Crippen MR) is 181 cm³/mol. The molecule has 5 rings (SSSR count). The van der Waals surface area contributed by atoms with Gasteiger partial charge >= 0.3 is 11.9 Å². The largest absolute Gasteiger partial charge is 0.491 e. The summed E-state index contributed by atoms with van der Waals surface area (Å²) in [5.41, 5.74) is 0.250. The van der Waals surface area contributed by atoms with Gasteiger partial charge in [0.1, 0.15) is 12.2 Å². The van der Waals surface area contributed by atoms with Gasteiger partial charge in [0, 0.05) is 13.1 Å². The van der Waals surface area contributed by atoms with Crippen LogP contribution < -0.4 is 19.8 Å². The molecule has 11 heteroatoms. The number of nitrogens with zero attached hydrogens (tertiary/aromatic N) is 1. The summed E-state index contributed by atoms with van der Waals surface area (Å²) >= 11 is 0. The molecule has 0 amide bonds. The molecular formula is C37H41NO9Si. The summed E-state index contributed by atoms with van der Waals surface area (Å²) in [6.07, 6.45) is -5.21. The van der Waals surface area contributed by atoms with Crippen molar-refractivity contribution in [2.45, 2.75) is 63.4 Å². The number of esters is 2. The lowest BCUT2D eigenvalue weighted by Crippen LogP contribution is -2.68. The van der Waals surface area contributed by atoms with Crippen molar-refractivity contribution >= 4 is 30.6 Å². The second-order valence-corrected chi connectivity index (χ2v) is 16.8. The Morgan fingerprint density at radius 3 is 1.96 bits per heavy atom. The highest BCUT2D eigenvalue weighted by molar-refractivity contribution is 6.99. The number of ether oxygens (including phenoxy) is 5. The highest BCUT2D eigenvalue weighted by atomic mass is 28.4. The van der Waals surface area contributed by atoms with E-state index in [9.17, 15) is 14.7 Å². The standard InChI is InChI=1S/C37H41NO9Si/c1-25(39)44-32-30(24-43-48(37(2,3)4,27-18-11-7-12-19-27)28-20-13-8-14-21-28)45-36(47-34-29(42-5)22-15-23-38-34)33(31(32)40)46-35(41)26-16-9-6-10-17-26/h6-23,30-33,36,40H,24H2,1-5H3/t30-,31+,32+,33-,36+/m1/s1. The third kappa shape index (κ3) is 7.44. The Balaban J connectivity index is 1.55. The van der Waals surface area contributed by atoms with E-state index in [1.54, 1.807) is 42.5 Å². The van der Waals surface area contributed by atoms with Crippen molar-refractivity contribution in [1.82, 2.24) is 4.98 Å². The van der Waals surface area contributed by atoms with E-state index < -0.39 is 51.0 Å². The van der Waals surface area contributed by atoms with Crippen molar-refractivity contribution in [3.05, 3.63) is 115 Å². The Morgan fingerprint density at radius 1 is 0.833 bits per heavy atom. The van der Waals surface area contributed by atoms with Gasteiger partial charge in [-0.15, -0.1) is 0 Å². The van der Waals surface area contributed by atoms with Crippen LogP contribution in [0.5, 0.6) is 11.6 Å². The van der Waals surface area contributed by atoms with Crippen LogP contribution in [0.15, 0.2) is 109 Å². The van der Waals surface area contributed by atoms with E-state index in [2.05, 4.69) is 50.0 Å². The molecule has 5 atom stereocenters. The Hall–Kier alpha value is -4.55. The molecule has 4 aromatic rings. The van der Waals surface area contributed by atoms with E-state index in [1.807, 2.05) is 36.4 Å². The smallest absolute Gasteiger partial charge is 0.338 e. The number of rotatable bonds is 11. The van der Waals surface area contributed by atoms with Gasteiger partial charge in [-0.1, -0.05) is 99.6 Å². The van der Waals surface area contributed by atoms with Crippen molar-refractivity contribution in [3.63, 3.8) is 0 Å². The summed E-state index contributed by atoms with van der Waals surface area (Å²) in [5, 5.41) is 13.5. The molecule has 1 aliphatic rings. The number of benzene rings is 3. The zero-order valence-electron chi connectivity index (χ0n) is 27.6. The van der Waals surface area contributed by atoms with E-state index in [0.29, 0.717) is 5.75 Å². The first-order valence-electron chi connectivity index (χ1n) is 15.7. The molecular weight excluding hydrogens is 630 g/mol. The molecule has 1 aromatic heterocycles. The van der Waals surface area contributed by atoms with Crippen LogP contribution in [0.4, 0.5) is 0 Å². The molecule has 10 nitrogen and oxygen atoms in total. The molecule has 0 spiro atoms. The van der Waals surface area contributed by atoms with E-state index in [1.165, 1.54) is 20.2 Å². The van der Waals surface area contributed by atoms with Crippen LogP contribution in [0.2, 0.25) is 5.04 Å². The molecule has 1 fully saturated rings. The molecule has 1 saturated heterocycles. The number of carbonyl (C=O) groups is 2. The lowest BCUT2D eigenvalue weighted by atomic mass is 9.98. The van der Waals surface area contributed by atoms with E-state index >= 15 is 0 Å². The van der Waals surface area contributed by atoms with Crippen LogP contribution in [0.3, 0.4) is 0 Å². The summed E-state index contributed by atoms with van der Waals surface area (Å²) < 4.78 is 36.7. The topological polar surface area (TPSA) is 123 Å². The molecule has 0 radical (unpaired) electrons. The summed E-state index contributed by atoms with van der Waals surface area (Å²) in [4.78, 5) is 30.0. The number of hydrogen-bond acceptors (Lipinski definition) is 10. The second kappa shape index (κ2) is 15.1. The van der Waals surface area contributed by atoms with Crippen molar-refractivity contribution < 1.29 is 42.8 Å². The molecule has 3 aromatic carbocycles. The summed E-state index contributed by atoms with van der Waals surface area (Å²) in [5.74, 6) is -1.04. The molecule has 0 aliphatic carbocycles. The van der Waals surface area contributed by atoms with Crippen LogP contribution in [-0.2, 0) is 23.4 Å². The van der Waals surface area contributed by atoms with Gasteiger partial charge in [-0.2, -0.15) is 0 Å². The van der Waals surface area contributed by atoms with Crippen LogP contribution in [0.25, 0.3) is 0 Å². The first-order valence-corrected chi connectivity index (χ1v) is 17.6. The number of aliphatic hydroxyl groups excluding tert-OH is 1. The van der Waals surface area contributed by atoms with Gasteiger partial charge < -0.3 is 33.2 Å². The SMILES string of the molecule is COc1cccnc1O[C@@H]1O[C@H](CO[Si](c2ccccc2)(c2ccccc2)C(C)(C)C)[C@H](OC(C)=O)[C@H](O)[C@H]1OC(=O)c1ccccc1. The predicted octanol–water partition coefficient (Wildman–Crippen LogP) is 4.29. The van der Waals surface area contributed by atoms with E-state index in [0.717, 1.165) is 10.4 Å². The number of pyridine rings is 1. The van der Waals surface area contributed by atoms with Crippen molar-refractivity contribution in [2.75, 3.05) is 13.7 Å². The molecule has 2 heterocycles. The molecule has 0 unspecified atom stereocenters. The van der Waals surface area contributed by atoms with Gasteiger partial charge in [-0.25, -0.2) is 9.78 Å². The Kier molecular flexibility index (Phi) is 11.0. The van der Waals surface area contributed by atoms with Crippen LogP contribution in [-0.4, -0.2) is 74.8 Å². The van der Waals surface area contributed by atoms with Gasteiger partial charge in [-0.05, 0) is 39.7 Å². The van der Waals surface area contributed by atoms with Gasteiger partial charge in [0.2, 0.25) is 6.29 Å². The van der Waals surface area contributed by atoms with E-state index in [-0.39, 0.29) is 23.1 Å². The fourth-order valence-electron chi connectivity index (χ4n) is 6.05. The molecule has 1 N–H and O–H groups in total. The summed E-state index contributed by atoms with van der Waals surface area (Å²) in [6.45, 7) is 7.55. The third-order valence-electron chi connectivity index (χ3n) is 8.24. The molecule has 0 bridgehead atoms. The fourth-order valence-corrected chi connectivity index (χ4v) is 10.6. The summed E-state index contributed by atoms with van der Waals surface area (Å²) in [7, 11) is -1.62. The minimum Gasteiger partial charge on any atom is -0.491 e. The van der Waals surface area contributed by atoms with Crippen molar-refractivity contribution in [1.29, 1.82) is 0 Å². The maximum absolute atomic E-state index is 13.3. The average molecular weight is 672 g/mol. The Labute approximate surface area is 281 Å². The monoisotopic (exact) mass is 671 g/mol. The summed E-state index contributed by atoms with van der Waals surface area (Å²) in [6, 6.07) is 31.7. The first-order chi connectivity index (χ1) is 23.0. The lowest BCUT2D eigenvalue weighted by molar-refractivity contribution is -0.280. The number of aliphatic hydroxyl groups is 1. The van der Waals surface area contributed by atoms with E-state index in [4.69, 9.17) is 28.1 Å². The lowest BCUT2D eigenvalue weighted by Gasteiger charge is -2.46. The normalized spacial score (nSPS) is 21.2. The van der Waals surface area contributed by atoms with Gasteiger partial charge in [0.15, 0.2) is 18.0 Å². The zero-order chi connectivity index (χ0) is 34.3. The number of hydrogen-bond donors (Lipinski definition) is 1. The van der Waals surface area contributed by atoms with Crippen molar-refractivity contribution in [3.8, 4) is 11.6 Å². The highest BCUT2D eigenvalue weighted by Gasteiger charge is 2.54. The maximum Gasteiger partial charge on any atom is 0.338 e. The zero-order valence-corrected chi connectivity index (χ0v) is 28.6. The minimum absolute atomic E-state index is 0.0514. The van der Waals surface area contributed by atoms with Crippen LogP contribution >= 0.6 is 0 Å². The highest BCUT2D eigenvalue weighted by Crippen LogP contribution is 2.38. The van der Waals surface area contributed by atoms with Gasteiger partial charge in [-0.3, -0.25) is 4.79 Å². The first kappa shape index (κ1) is 34.8. The third-order valence-corrected chi connectivity index (χ3v) is 13.2. The fraction of sp³-hybridized carbons (Fsp3) is 0.324. The average Bonchev–Trinajstić information content (AvgIpc) is 3.09. The van der Waals surface area contributed by atoms with Crippen LogP contribution in [0.1, 0.15) is 38.1 Å². The van der Waals surface area contributed by atoms with Gasteiger partial charge in [0.25, 0.3) is 14.2 Å². The molecule has 252 valence electrons. The van der Waals surface area contributed by atoms with Crippen molar-refractivity contribution in [2.24, 2.45) is 0 Å². The number of methoxy groups -OCH3 is 1. The number of aromatic nitrogens is 1. The Bertz CT molecular complexity index is 1610. The van der Waals surface area contributed by atoms with Gasteiger partial charge in [0.05, 0.1) is 19.3 Å².